The van der Waals surface area contributed by atoms with Crippen molar-refractivity contribution in [1.82, 2.24) is 5.32 Å². The lowest BCUT2D eigenvalue weighted by atomic mass is 10.1. The molecule has 0 aliphatic heterocycles. The van der Waals surface area contributed by atoms with E-state index in [1.165, 1.54) is 12.1 Å². The number of nitro benzene ring substituents is 1. The molecule has 1 aromatic rings. The molecule has 3 N–H and O–H groups in total. The minimum absolute atomic E-state index is 0.0837. The van der Waals surface area contributed by atoms with Crippen LogP contribution < -0.4 is 11.1 Å². The van der Waals surface area contributed by atoms with Gasteiger partial charge in [-0.3, -0.25) is 14.9 Å². The van der Waals surface area contributed by atoms with Gasteiger partial charge in [0.1, 0.15) is 0 Å². The average Bonchev–Trinajstić information content (AvgIpc) is 2.29. The van der Waals surface area contributed by atoms with E-state index in [4.69, 9.17) is 5.73 Å². The standard InChI is InChI=1S/C11H15N3O3/c1-8-3-4-9(14(16)17)7-10(8)11(15)13-6-2-5-12/h3-4,7H,2,5-6,12H2,1H3,(H,13,15). The summed E-state index contributed by atoms with van der Waals surface area (Å²) in [7, 11) is 0. The smallest absolute Gasteiger partial charge is 0.270 e. The number of nitro groups is 1. The minimum atomic E-state index is -0.518. The van der Waals surface area contributed by atoms with Gasteiger partial charge in [0.05, 0.1) is 4.92 Å². The number of hydrogen-bond donors (Lipinski definition) is 2. The number of nitrogens with zero attached hydrogens (tertiary/aromatic N) is 1. The van der Waals surface area contributed by atoms with E-state index in [0.717, 1.165) is 0 Å². The van der Waals surface area contributed by atoms with Gasteiger partial charge in [-0.05, 0) is 25.5 Å². The van der Waals surface area contributed by atoms with E-state index in [1.807, 2.05) is 0 Å². The Morgan fingerprint density at radius 3 is 2.82 bits per heavy atom. The zero-order chi connectivity index (χ0) is 12.8. The van der Waals surface area contributed by atoms with Gasteiger partial charge in [0.15, 0.2) is 0 Å². The van der Waals surface area contributed by atoms with Gasteiger partial charge < -0.3 is 11.1 Å². The van der Waals surface area contributed by atoms with Crippen molar-refractivity contribution in [2.24, 2.45) is 5.73 Å². The van der Waals surface area contributed by atoms with Crippen molar-refractivity contribution in [1.29, 1.82) is 0 Å². The molecule has 0 spiro atoms. The summed E-state index contributed by atoms with van der Waals surface area (Å²) in [5.41, 5.74) is 6.26. The van der Waals surface area contributed by atoms with Gasteiger partial charge in [0.2, 0.25) is 0 Å². The number of benzene rings is 1. The van der Waals surface area contributed by atoms with Gasteiger partial charge in [-0.25, -0.2) is 0 Å². The first kappa shape index (κ1) is 13.1. The molecule has 0 aromatic heterocycles. The number of nitrogens with two attached hydrogens (primary N) is 1. The molecule has 0 atom stereocenters. The van der Waals surface area contributed by atoms with Crippen molar-refractivity contribution in [2.45, 2.75) is 13.3 Å². The van der Waals surface area contributed by atoms with Crippen LogP contribution in [0.25, 0.3) is 0 Å². The van der Waals surface area contributed by atoms with Crippen LogP contribution in [0.3, 0.4) is 0 Å². The fourth-order valence-corrected chi connectivity index (χ4v) is 1.37. The van der Waals surface area contributed by atoms with Crippen LogP contribution in [0.15, 0.2) is 18.2 Å². The molecule has 92 valence electrons. The number of rotatable bonds is 5. The Labute approximate surface area is 99.0 Å². The first-order chi connectivity index (χ1) is 8.06. The lowest BCUT2D eigenvalue weighted by Gasteiger charge is -2.06. The highest BCUT2D eigenvalue weighted by molar-refractivity contribution is 5.96. The molecule has 17 heavy (non-hydrogen) atoms. The molecule has 6 nitrogen and oxygen atoms in total. The van der Waals surface area contributed by atoms with Crippen LogP contribution in [-0.4, -0.2) is 23.9 Å². The van der Waals surface area contributed by atoms with Crippen molar-refractivity contribution < 1.29 is 9.72 Å². The third-order valence-corrected chi connectivity index (χ3v) is 2.34. The highest BCUT2D eigenvalue weighted by atomic mass is 16.6. The molecule has 0 saturated heterocycles. The van der Waals surface area contributed by atoms with Gasteiger partial charge in [0, 0.05) is 24.2 Å². The third kappa shape index (κ3) is 3.53. The van der Waals surface area contributed by atoms with Gasteiger partial charge >= 0.3 is 0 Å². The number of amides is 1. The van der Waals surface area contributed by atoms with E-state index in [1.54, 1.807) is 13.0 Å². The second kappa shape index (κ2) is 5.95. The summed E-state index contributed by atoms with van der Waals surface area (Å²) in [5.74, 6) is -0.306. The fourth-order valence-electron chi connectivity index (χ4n) is 1.37. The molecule has 0 aliphatic rings. The quantitative estimate of drug-likeness (QED) is 0.453. The molecule has 0 fully saturated rings. The normalized spacial score (nSPS) is 10.0. The summed E-state index contributed by atoms with van der Waals surface area (Å²) in [6.07, 6.45) is 0.680. The highest BCUT2D eigenvalue weighted by Crippen LogP contribution is 2.17. The number of aryl methyl sites for hydroxylation is 1. The number of hydrogen-bond acceptors (Lipinski definition) is 4. The third-order valence-electron chi connectivity index (χ3n) is 2.34. The van der Waals surface area contributed by atoms with E-state index >= 15 is 0 Å². The summed E-state index contributed by atoms with van der Waals surface area (Å²) in [6, 6.07) is 4.23. The largest absolute Gasteiger partial charge is 0.352 e. The van der Waals surface area contributed by atoms with E-state index in [-0.39, 0.29) is 11.6 Å². The van der Waals surface area contributed by atoms with E-state index < -0.39 is 4.92 Å². The first-order valence-electron chi connectivity index (χ1n) is 5.29. The maximum Gasteiger partial charge on any atom is 0.270 e. The molecule has 0 saturated carbocycles. The molecule has 0 unspecified atom stereocenters. The van der Waals surface area contributed by atoms with Crippen LogP contribution in [0.5, 0.6) is 0 Å². The van der Waals surface area contributed by atoms with Crippen molar-refractivity contribution in [3.05, 3.63) is 39.4 Å². The number of carbonyl (C=O) groups excluding carboxylic acids is 1. The van der Waals surface area contributed by atoms with Crippen LogP contribution in [0.1, 0.15) is 22.3 Å². The summed E-state index contributed by atoms with van der Waals surface area (Å²) >= 11 is 0. The van der Waals surface area contributed by atoms with Crippen LogP contribution in [-0.2, 0) is 0 Å². The summed E-state index contributed by atoms with van der Waals surface area (Å²) in [4.78, 5) is 21.8. The highest BCUT2D eigenvalue weighted by Gasteiger charge is 2.13. The molecule has 0 heterocycles. The zero-order valence-electron chi connectivity index (χ0n) is 9.60. The van der Waals surface area contributed by atoms with Gasteiger partial charge in [-0.15, -0.1) is 0 Å². The minimum Gasteiger partial charge on any atom is -0.352 e. The van der Waals surface area contributed by atoms with Crippen LogP contribution >= 0.6 is 0 Å². The van der Waals surface area contributed by atoms with Gasteiger partial charge in [-0.1, -0.05) is 6.07 Å². The lowest BCUT2D eigenvalue weighted by molar-refractivity contribution is -0.384. The van der Waals surface area contributed by atoms with Crippen molar-refractivity contribution in [3.63, 3.8) is 0 Å². The Hall–Kier alpha value is -1.95. The topological polar surface area (TPSA) is 98.3 Å². The van der Waals surface area contributed by atoms with E-state index in [2.05, 4.69) is 5.32 Å². The molecule has 0 radical (unpaired) electrons. The molecular weight excluding hydrogens is 222 g/mol. The summed E-state index contributed by atoms with van der Waals surface area (Å²) in [6.45, 7) is 2.70. The van der Waals surface area contributed by atoms with Crippen molar-refractivity contribution in [3.8, 4) is 0 Å². The monoisotopic (exact) mass is 237 g/mol. The van der Waals surface area contributed by atoms with Gasteiger partial charge in [0.25, 0.3) is 11.6 Å². The maximum absolute atomic E-state index is 11.7. The van der Waals surface area contributed by atoms with E-state index in [0.29, 0.717) is 30.6 Å². The predicted octanol–water partition coefficient (Wildman–Crippen LogP) is 0.982. The second-order valence-corrected chi connectivity index (χ2v) is 3.65. The Balaban J connectivity index is 2.84. The SMILES string of the molecule is Cc1ccc([N+](=O)[O-])cc1C(=O)NCCCN. The Bertz CT molecular complexity index is 432. The molecule has 0 bridgehead atoms. The average molecular weight is 237 g/mol. The molecule has 0 aliphatic carbocycles. The Morgan fingerprint density at radius 2 is 2.24 bits per heavy atom. The molecule has 1 rings (SSSR count). The zero-order valence-corrected chi connectivity index (χ0v) is 9.60. The van der Waals surface area contributed by atoms with Crippen LogP contribution in [0.4, 0.5) is 5.69 Å². The number of non-ortho nitro benzene ring substituents is 1. The maximum atomic E-state index is 11.7. The van der Waals surface area contributed by atoms with Gasteiger partial charge in [-0.2, -0.15) is 0 Å². The molecule has 6 heteroatoms. The van der Waals surface area contributed by atoms with Crippen molar-refractivity contribution >= 4 is 11.6 Å². The predicted molar refractivity (Wildman–Crippen MR) is 63.8 cm³/mol. The van der Waals surface area contributed by atoms with Crippen LogP contribution in [0, 0.1) is 17.0 Å². The van der Waals surface area contributed by atoms with E-state index in [9.17, 15) is 14.9 Å². The Kier molecular flexibility index (Phi) is 4.59. The van der Waals surface area contributed by atoms with Crippen molar-refractivity contribution in [2.75, 3.05) is 13.1 Å². The fraction of sp³-hybridized carbons (Fsp3) is 0.364. The Morgan fingerprint density at radius 1 is 1.53 bits per heavy atom. The summed E-state index contributed by atoms with van der Waals surface area (Å²) < 4.78 is 0. The molecule has 1 aromatic carbocycles. The molecular formula is C11H15N3O3. The summed E-state index contributed by atoms with van der Waals surface area (Å²) in [5, 5.41) is 13.3. The lowest BCUT2D eigenvalue weighted by Crippen LogP contribution is -2.26. The second-order valence-electron chi connectivity index (χ2n) is 3.65. The van der Waals surface area contributed by atoms with Crippen LogP contribution in [0.2, 0.25) is 0 Å². The number of carbonyl (C=O) groups is 1. The first-order valence-corrected chi connectivity index (χ1v) is 5.29. The number of nitrogens with one attached hydrogen (secondary N) is 1. The molecule has 1 amide bonds.